The minimum absolute atomic E-state index is 0.884. The Bertz CT molecular complexity index is 473. The SMILES string of the molecule is CCN(CC)CCNCc1cnn2ccccc12. The lowest BCUT2D eigenvalue weighted by molar-refractivity contribution is 0.302. The highest BCUT2D eigenvalue weighted by Crippen LogP contribution is 2.08. The first kappa shape index (κ1) is 13.1. The highest BCUT2D eigenvalue weighted by Gasteiger charge is 2.03. The molecule has 0 aliphatic heterocycles. The van der Waals surface area contributed by atoms with Crippen LogP contribution in [-0.2, 0) is 6.54 Å². The first-order valence-electron chi connectivity index (χ1n) is 6.69. The minimum atomic E-state index is 0.884. The van der Waals surface area contributed by atoms with Gasteiger partial charge in [0.1, 0.15) is 0 Å². The van der Waals surface area contributed by atoms with E-state index >= 15 is 0 Å². The molecule has 0 saturated carbocycles. The zero-order chi connectivity index (χ0) is 12.8. The summed E-state index contributed by atoms with van der Waals surface area (Å²) in [7, 11) is 0. The second kappa shape index (κ2) is 6.52. The Morgan fingerprint density at radius 1 is 1.28 bits per heavy atom. The van der Waals surface area contributed by atoms with Crippen LogP contribution in [0.1, 0.15) is 19.4 Å². The van der Waals surface area contributed by atoms with Crippen LogP contribution in [0.15, 0.2) is 30.6 Å². The molecule has 0 spiro atoms. The van der Waals surface area contributed by atoms with Gasteiger partial charge in [-0.15, -0.1) is 0 Å². The molecule has 98 valence electrons. The van der Waals surface area contributed by atoms with Gasteiger partial charge in [-0.3, -0.25) is 0 Å². The van der Waals surface area contributed by atoms with Gasteiger partial charge in [-0.2, -0.15) is 5.10 Å². The number of nitrogens with one attached hydrogen (secondary N) is 1. The number of rotatable bonds is 7. The summed E-state index contributed by atoms with van der Waals surface area (Å²) in [5.41, 5.74) is 2.45. The standard InChI is InChI=1S/C14H22N4/c1-3-17(4-2)10-8-15-11-13-12-16-18-9-6-5-7-14(13)18/h5-7,9,12,15H,3-4,8,10-11H2,1-2H3. The summed E-state index contributed by atoms with van der Waals surface area (Å²) < 4.78 is 1.92. The lowest BCUT2D eigenvalue weighted by Gasteiger charge is -2.17. The third-order valence-electron chi connectivity index (χ3n) is 3.32. The highest BCUT2D eigenvalue weighted by molar-refractivity contribution is 5.53. The van der Waals surface area contributed by atoms with Crippen molar-refractivity contribution in [1.82, 2.24) is 19.8 Å². The molecule has 0 unspecified atom stereocenters. The molecule has 2 aromatic rings. The fourth-order valence-electron chi connectivity index (χ4n) is 2.12. The molecular weight excluding hydrogens is 224 g/mol. The molecule has 4 heteroatoms. The van der Waals surface area contributed by atoms with Gasteiger partial charge < -0.3 is 10.2 Å². The van der Waals surface area contributed by atoms with Crippen molar-refractivity contribution in [3.05, 3.63) is 36.2 Å². The molecule has 0 amide bonds. The van der Waals surface area contributed by atoms with E-state index in [1.54, 1.807) is 0 Å². The van der Waals surface area contributed by atoms with Crippen LogP contribution in [0.25, 0.3) is 5.52 Å². The molecule has 18 heavy (non-hydrogen) atoms. The Hall–Kier alpha value is -1.39. The predicted octanol–water partition coefficient (Wildman–Crippen LogP) is 1.77. The predicted molar refractivity (Wildman–Crippen MR) is 74.7 cm³/mol. The molecule has 0 atom stereocenters. The fraction of sp³-hybridized carbons (Fsp3) is 0.500. The van der Waals surface area contributed by atoms with Crippen molar-refractivity contribution in [1.29, 1.82) is 0 Å². The van der Waals surface area contributed by atoms with Crippen molar-refractivity contribution in [2.24, 2.45) is 0 Å². The summed E-state index contributed by atoms with van der Waals surface area (Å²) in [5, 5.41) is 7.82. The molecule has 0 aromatic carbocycles. The van der Waals surface area contributed by atoms with Crippen LogP contribution in [0, 0.1) is 0 Å². The van der Waals surface area contributed by atoms with Crippen LogP contribution in [0.4, 0.5) is 0 Å². The Morgan fingerprint density at radius 3 is 2.89 bits per heavy atom. The Morgan fingerprint density at radius 2 is 2.11 bits per heavy atom. The topological polar surface area (TPSA) is 32.6 Å². The van der Waals surface area contributed by atoms with Crippen LogP contribution >= 0.6 is 0 Å². The number of likely N-dealkylation sites (N-methyl/N-ethyl adjacent to an activating group) is 1. The van der Waals surface area contributed by atoms with Crippen molar-refractivity contribution >= 4 is 5.52 Å². The van der Waals surface area contributed by atoms with E-state index in [1.165, 1.54) is 11.1 Å². The summed E-state index contributed by atoms with van der Waals surface area (Å²) in [6, 6.07) is 6.16. The van der Waals surface area contributed by atoms with E-state index < -0.39 is 0 Å². The van der Waals surface area contributed by atoms with Gasteiger partial charge in [-0.1, -0.05) is 19.9 Å². The van der Waals surface area contributed by atoms with Crippen LogP contribution in [0.5, 0.6) is 0 Å². The van der Waals surface area contributed by atoms with Gasteiger partial charge in [-0.25, -0.2) is 4.52 Å². The maximum atomic E-state index is 4.33. The summed E-state index contributed by atoms with van der Waals surface area (Å²) in [6.45, 7) is 9.65. The number of fused-ring (bicyclic) bond motifs is 1. The molecule has 4 nitrogen and oxygen atoms in total. The van der Waals surface area contributed by atoms with E-state index in [1.807, 2.05) is 23.0 Å². The second-order valence-corrected chi connectivity index (χ2v) is 4.40. The zero-order valence-corrected chi connectivity index (χ0v) is 11.3. The Balaban J connectivity index is 1.83. The van der Waals surface area contributed by atoms with E-state index in [4.69, 9.17) is 0 Å². The first-order valence-corrected chi connectivity index (χ1v) is 6.69. The number of hydrogen-bond donors (Lipinski definition) is 1. The third kappa shape index (κ3) is 3.09. The van der Waals surface area contributed by atoms with Crippen molar-refractivity contribution < 1.29 is 0 Å². The molecule has 2 aromatic heterocycles. The molecule has 0 fully saturated rings. The van der Waals surface area contributed by atoms with E-state index in [0.717, 1.165) is 32.7 Å². The summed E-state index contributed by atoms with van der Waals surface area (Å²) >= 11 is 0. The fourth-order valence-corrected chi connectivity index (χ4v) is 2.12. The van der Waals surface area contributed by atoms with Gasteiger partial charge in [0.25, 0.3) is 0 Å². The van der Waals surface area contributed by atoms with Crippen molar-refractivity contribution in [3.63, 3.8) is 0 Å². The van der Waals surface area contributed by atoms with Crippen LogP contribution in [0.3, 0.4) is 0 Å². The largest absolute Gasteiger partial charge is 0.311 e. The number of aromatic nitrogens is 2. The summed E-state index contributed by atoms with van der Waals surface area (Å²) in [4.78, 5) is 2.42. The molecule has 0 radical (unpaired) electrons. The summed E-state index contributed by atoms with van der Waals surface area (Å²) in [6.07, 6.45) is 3.93. The number of pyridine rings is 1. The van der Waals surface area contributed by atoms with Gasteiger partial charge >= 0.3 is 0 Å². The second-order valence-electron chi connectivity index (χ2n) is 4.40. The van der Waals surface area contributed by atoms with Gasteiger partial charge in [0.15, 0.2) is 0 Å². The van der Waals surface area contributed by atoms with Gasteiger partial charge in [0, 0.05) is 31.4 Å². The lowest BCUT2D eigenvalue weighted by atomic mass is 10.2. The van der Waals surface area contributed by atoms with Crippen molar-refractivity contribution in [3.8, 4) is 0 Å². The zero-order valence-electron chi connectivity index (χ0n) is 11.3. The first-order chi connectivity index (χ1) is 8.85. The number of hydrogen-bond acceptors (Lipinski definition) is 3. The highest BCUT2D eigenvalue weighted by atomic mass is 15.2. The van der Waals surface area contributed by atoms with E-state index in [9.17, 15) is 0 Å². The lowest BCUT2D eigenvalue weighted by Crippen LogP contribution is -2.31. The average Bonchev–Trinajstić information content (AvgIpc) is 2.82. The Kier molecular flexibility index (Phi) is 4.73. The van der Waals surface area contributed by atoms with E-state index in [2.05, 4.69) is 41.3 Å². The molecular formula is C14H22N4. The quantitative estimate of drug-likeness (QED) is 0.756. The minimum Gasteiger partial charge on any atom is -0.311 e. The van der Waals surface area contributed by atoms with Crippen molar-refractivity contribution in [2.75, 3.05) is 26.2 Å². The smallest absolute Gasteiger partial charge is 0.0706 e. The van der Waals surface area contributed by atoms with Gasteiger partial charge in [0.2, 0.25) is 0 Å². The molecule has 2 heterocycles. The molecule has 1 N–H and O–H groups in total. The Labute approximate surface area is 109 Å². The molecule has 0 aliphatic carbocycles. The van der Waals surface area contributed by atoms with Gasteiger partial charge in [0.05, 0.1) is 11.7 Å². The van der Waals surface area contributed by atoms with Crippen molar-refractivity contribution in [2.45, 2.75) is 20.4 Å². The van der Waals surface area contributed by atoms with Crippen LogP contribution in [-0.4, -0.2) is 40.7 Å². The van der Waals surface area contributed by atoms with Crippen LogP contribution in [0.2, 0.25) is 0 Å². The monoisotopic (exact) mass is 246 g/mol. The molecule has 0 aliphatic rings. The average molecular weight is 246 g/mol. The third-order valence-corrected chi connectivity index (χ3v) is 3.32. The molecule has 2 rings (SSSR count). The van der Waals surface area contributed by atoms with Gasteiger partial charge in [-0.05, 0) is 25.2 Å². The van der Waals surface area contributed by atoms with E-state index in [-0.39, 0.29) is 0 Å². The van der Waals surface area contributed by atoms with E-state index in [0.29, 0.717) is 0 Å². The maximum absolute atomic E-state index is 4.33. The maximum Gasteiger partial charge on any atom is 0.0706 e. The summed E-state index contributed by atoms with van der Waals surface area (Å²) in [5.74, 6) is 0. The molecule has 0 saturated heterocycles. The molecule has 0 bridgehead atoms. The normalized spacial score (nSPS) is 11.5. The van der Waals surface area contributed by atoms with Crippen LogP contribution < -0.4 is 5.32 Å². The number of nitrogens with zero attached hydrogens (tertiary/aromatic N) is 3.